The Morgan fingerprint density at radius 2 is 2.00 bits per heavy atom. The van der Waals surface area contributed by atoms with E-state index in [0.717, 1.165) is 24.9 Å². The molecule has 2 aromatic rings. The first-order chi connectivity index (χ1) is 11.2. The van der Waals surface area contributed by atoms with E-state index in [2.05, 4.69) is 25.1 Å². The van der Waals surface area contributed by atoms with Gasteiger partial charge in [0.15, 0.2) is 0 Å². The molecule has 1 heterocycles. The number of aryl methyl sites for hydroxylation is 1. The zero-order chi connectivity index (χ0) is 15.8. The molecule has 1 amide bonds. The number of hydrogen-bond donors (Lipinski definition) is 0. The van der Waals surface area contributed by atoms with Crippen LogP contribution >= 0.6 is 0 Å². The van der Waals surface area contributed by atoms with Crippen molar-refractivity contribution in [1.82, 2.24) is 4.90 Å². The average Bonchev–Trinajstić information content (AvgIpc) is 2.88. The lowest BCUT2D eigenvalue weighted by Crippen LogP contribution is -2.38. The Bertz CT molecular complexity index is 726. The highest BCUT2D eigenvalue weighted by Gasteiger charge is 2.42. The third-order valence-electron chi connectivity index (χ3n) is 5.17. The molecular formula is C20H21NO2. The van der Waals surface area contributed by atoms with E-state index in [1.54, 1.807) is 0 Å². The van der Waals surface area contributed by atoms with Gasteiger partial charge in [0.25, 0.3) is 0 Å². The zero-order valence-electron chi connectivity index (χ0n) is 13.4. The number of benzene rings is 2. The van der Waals surface area contributed by atoms with Crippen LogP contribution in [-0.2, 0) is 11.3 Å². The number of amides is 1. The van der Waals surface area contributed by atoms with E-state index in [4.69, 9.17) is 4.74 Å². The Kier molecular flexibility index (Phi) is 3.56. The molecule has 3 heteroatoms. The number of carbonyl (C=O) groups is 1. The van der Waals surface area contributed by atoms with Crippen LogP contribution in [0.1, 0.15) is 47.1 Å². The van der Waals surface area contributed by atoms with E-state index >= 15 is 0 Å². The fourth-order valence-electron chi connectivity index (χ4n) is 4.06. The van der Waals surface area contributed by atoms with Gasteiger partial charge in [-0.3, -0.25) is 0 Å². The van der Waals surface area contributed by atoms with Crippen LogP contribution in [0.3, 0.4) is 0 Å². The maximum absolute atomic E-state index is 12.6. The van der Waals surface area contributed by atoms with Gasteiger partial charge in [0.2, 0.25) is 0 Å². The summed E-state index contributed by atoms with van der Waals surface area (Å²) in [6.45, 7) is 3.27. The lowest BCUT2D eigenvalue weighted by atomic mass is 9.96. The summed E-state index contributed by atoms with van der Waals surface area (Å²) in [5, 5.41) is 0. The molecule has 2 atom stereocenters. The molecule has 0 radical (unpaired) electrons. The molecule has 0 aromatic heterocycles. The second kappa shape index (κ2) is 5.73. The Morgan fingerprint density at radius 1 is 1.17 bits per heavy atom. The van der Waals surface area contributed by atoms with Crippen molar-refractivity contribution in [3.05, 3.63) is 70.8 Å². The number of rotatable bonds is 2. The van der Waals surface area contributed by atoms with Crippen LogP contribution in [0.5, 0.6) is 0 Å². The van der Waals surface area contributed by atoms with Gasteiger partial charge >= 0.3 is 6.09 Å². The highest BCUT2D eigenvalue weighted by molar-refractivity contribution is 5.69. The van der Waals surface area contributed by atoms with Crippen LogP contribution in [0.2, 0.25) is 0 Å². The fraction of sp³-hybridized carbons (Fsp3) is 0.350. The van der Waals surface area contributed by atoms with Gasteiger partial charge in [0.05, 0.1) is 6.04 Å². The van der Waals surface area contributed by atoms with Gasteiger partial charge in [0.1, 0.15) is 6.61 Å². The van der Waals surface area contributed by atoms with Crippen molar-refractivity contribution in [2.24, 2.45) is 0 Å². The predicted molar refractivity (Wildman–Crippen MR) is 89.2 cm³/mol. The molecule has 1 aliphatic heterocycles. The summed E-state index contributed by atoms with van der Waals surface area (Å²) in [5.41, 5.74) is 5.11. The first kappa shape index (κ1) is 14.3. The van der Waals surface area contributed by atoms with Gasteiger partial charge in [0, 0.05) is 6.54 Å². The molecule has 23 heavy (non-hydrogen) atoms. The first-order valence-corrected chi connectivity index (χ1v) is 8.31. The molecular weight excluding hydrogens is 286 g/mol. The van der Waals surface area contributed by atoms with Gasteiger partial charge in [-0.25, -0.2) is 4.79 Å². The Hall–Kier alpha value is -2.29. The Labute approximate surface area is 136 Å². The number of carbonyl (C=O) groups excluding carboxylic acids is 1. The van der Waals surface area contributed by atoms with Crippen molar-refractivity contribution in [1.29, 1.82) is 0 Å². The van der Waals surface area contributed by atoms with Crippen LogP contribution in [-0.4, -0.2) is 17.5 Å². The van der Waals surface area contributed by atoms with E-state index < -0.39 is 0 Å². The van der Waals surface area contributed by atoms with Gasteiger partial charge in [-0.1, -0.05) is 48.5 Å². The smallest absolute Gasteiger partial charge is 0.410 e. The first-order valence-electron chi connectivity index (χ1n) is 8.31. The molecule has 0 N–H and O–H groups in total. The van der Waals surface area contributed by atoms with Crippen molar-refractivity contribution in [2.45, 2.75) is 38.3 Å². The van der Waals surface area contributed by atoms with E-state index in [1.165, 1.54) is 16.7 Å². The van der Waals surface area contributed by atoms with Crippen molar-refractivity contribution in [3.63, 3.8) is 0 Å². The summed E-state index contributed by atoms with van der Waals surface area (Å²) >= 11 is 0. The summed E-state index contributed by atoms with van der Waals surface area (Å²) in [4.78, 5) is 14.5. The zero-order valence-corrected chi connectivity index (χ0v) is 13.4. The average molecular weight is 307 g/mol. The van der Waals surface area contributed by atoms with E-state index in [0.29, 0.717) is 12.5 Å². The number of piperidine rings is 1. The van der Waals surface area contributed by atoms with Crippen molar-refractivity contribution >= 4 is 6.09 Å². The molecule has 3 nitrogen and oxygen atoms in total. The maximum Gasteiger partial charge on any atom is 0.410 e. The van der Waals surface area contributed by atoms with E-state index in [1.807, 2.05) is 35.2 Å². The van der Waals surface area contributed by atoms with Crippen molar-refractivity contribution in [2.75, 3.05) is 6.54 Å². The van der Waals surface area contributed by atoms with Crippen LogP contribution in [0.15, 0.2) is 48.5 Å². The van der Waals surface area contributed by atoms with E-state index in [-0.39, 0.29) is 12.1 Å². The third-order valence-corrected chi connectivity index (χ3v) is 5.17. The molecule has 0 spiro atoms. The fourth-order valence-corrected chi connectivity index (χ4v) is 4.06. The van der Waals surface area contributed by atoms with E-state index in [9.17, 15) is 4.79 Å². The second-order valence-electron chi connectivity index (χ2n) is 6.55. The van der Waals surface area contributed by atoms with Gasteiger partial charge in [-0.2, -0.15) is 0 Å². The molecule has 0 saturated carbocycles. The minimum atomic E-state index is -0.187. The highest BCUT2D eigenvalue weighted by atomic mass is 16.6. The summed E-state index contributed by atoms with van der Waals surface area (Å²) in [6.07, 6.45) is 1.89. The summed E-state index contributed by atoms with van der Waals surface area (Å²) in [5.74, 6) is 0.605. The number of hydrogen-bond acceptors (Lipinski definition) is 2. The Balaban J connectivity index is 1.52. The van der Waals surface area contributed by atoms with Crippen LogP contribution < -0.4 is 0 Å². The number of likely N-dealkylation sites (tertiary alicyclic amines) is 1. The summed E-state index contributed by atoms with van der Waals surface area (Å²) in [6, 6.07) is 16.5. The standard InChI is InChI=1S/C20H21NO2/c1-14-6-5-9-17-16-10-11-21(18(12-16)19(14)17)20(22)23-13-15-7-3-2-4-8-15/h2-9,16,18H,10-13H2,1H3. The monoisotopic (exact) mass is 307 g/mol. The molecule has 2 unspecified atom stereocenters. The topological polar surface area (TPSA) is 29.5 Å². The number of fused-ring (bicyclic) bond motifs is 5. The normalized spacial score (nSPS) is 21.9. The molecule has 1 saturated heterocycles. The quantitative estimate of drug-likeness (QED) is 0.813. The van der Waals surface area contributed by atoms with Gasteiger partial charge in [-0.15, -0.1) is 0 Å². The minimum Gasteiger partial charge on any atom is -0.445 e. The number of nitrogens with zero attached hydrogens (tertiary/aromatic N) is 1. The lowest BCUT2D eigenvalue weighted by Gasteiger charge is -2.33. The molecule has 4 rings (SSSR count). The molecule has 2 aromatic carbocycles. The minimum absolute atomic E-state index is 0.187. The lowest BCUT2D eigenvalue weighted by molar-refractivity contribution is 0.0694. The highest BCUT2D eigenvalue weighted by Crippen LogP contribution is 2.50. The predicted octanol–water partition coefficient (Wildman–Crippen LogP) is 4.57. The molecule has 2 aliphatic rings. The maximum atomic E-state index is 12.6. The van der Waals surface area contributed by atoms with Crippen molar-refractivity contribution < 1.29 is 9.53 Å². The molecule has 118 valence electrons. The van der Waals surface area contributed by atoms with Crippen molar-refractivity contribution in [3.8, 4) is 0 Å². The summed E-state index contributed by atoms with van der Waals surface area (Å²) in [7, 11) is 0. The second-order valence-corrected chi connectivity index (χ2v) is 6.55. The molecule has 1 aliphatic carbocycles. The Morgan fingerprint density at radius 3 is 2.83 bits per heavy atom. The molecule has 2 bridgehead atoms. The van der Waals surface area contributed by atoms with Crippen LogP contribution in [0, 0.1) is 6.92 Å². The number of ether oxygens (including phenoxy) is 1. The summed E-state index contributed by atoms with van der Waals surface area (Å²) < 4.78 is 5.56. The SMILES string of the molecule is Cc1cccc2c1C1CC2CCN1C(=O)OCc1ccccc1. The van der Waals surface area contributed by atoms with Crippen LogP contribution in [0.4, 0.5) is 4.79 Å². The third kappa shape index (κ3) is 2.50. The van der Waals surface area contributed by atoms with Crippen LogP contribution in [0.25, 0.3) is 0 Å². The van der Waals surface area contributed by atoms with Gasteiger partial charge < -0.3 is 9.64 Å². The largest absolute Gasteiger partial charge is 0.445 e. The molecule has 1 fully saturated rings. The van der Waals surface area contributed by atoms with Gasteiger partial charge in [-0.05, 0) is 47.9 Å².